The van der Waals surface area contributed by atoms with Crippen molar-refractivity contribution in [2.24, 2.45) is 4.99 Å². The number of likely N-dealkylation sites (N-methyl/N-ethyl adjacent to an activating group) is 1. The van der Waals surface area contributed by atoms with Crippen molar-refractivity contribution >= 4 is 17.6 Å². The first-order valence-corrected chi connectivity index (χ1v) is 11.1. The maximum atomic E-state index is 6.04. The van der Waals surface area contributed by atoms with Crippen molar-refractivity contribution in [3.63, 3.8) is 0 Å². The number of guanidine groups is 1. The third kappa shape index (κ3) is 8.05. The van der Waals surface area contributed by atoms with Gasteiger partial charge in [0.15, 0.2) is 5.96 Å². The molecule has 1 heterocycles. The molecule has 1 N–H and O–H groups in total. The van der Waals surface area contributed by atoms with Gasteiger partial charge in [0, 0.05) is 38.9 Å². The number of ether oxygens (including phenoxy) is 3. The second kappa shape index (κ2) is 12.5. The number of halogens is 1. The van der Waals surface area contributed by atoms with Gasteiger partial charge >= 0.3 is 0 Å². The van der Waals surface area contributed by atoms with Crippen LogP contribution in [0.25, 0.3) is 0 Å². The van der Waals surface area contributed by atoms with E-state index in [0.29, 0.717) is 37.4 Å². The van der Waals surface area contributed by atoms with Gasteiger partial charge in [0.05, 0.1) is 19.3 Å². The van der Waals surface area contributed by atoms with Crippen LogP contribution in [-0.4, -0.2) is 57.4 Å². The Morgan fingerprint density at radius 3 is 2.65 bits per heavy atom. The molecule has 0 aromatic heterocycles. The molecule has 3 rings (SSSR count). The first kappa shape index (κ1) is 23.4. The van der Waals surface area contributed by atoms with E-state index in [1.807, 2.05) is 36.2 Å². The van der Waals surface area contributed by atoms with E-state index in [-0.39, 0.29) is 0 Å². The molecule has 0 saturated carbocycles. The van der Waals surface area contributed by atoms with Crippen LogP contribution >= 0.6 is 11.6 Å². The average Bonchev–Trinajstić information content (AvgIpc) is 2.80. The van der Waals surface area contributed by atoms with Crippen LogP contribution < -0.4 is 10.1 Å². The molecule has 0 bridgehead atoms. The van der Waals surface area contributed by atoms with Gasteiger partial charge in [0.2, 0.25) is 0 Å². The van der Waals surface area contributed by atoms with Crippen LogP contribution in [0.3, 0.4) is 0 Å². The van der Waals surface area contributed by atoms with E-state index < -0.39 is 0 Å². The highest BCUT2D eigenvalue weighted by atomic mass is 35.5. The van der Waals surface area contributed by atoms with Crippen molar-refractivity contribution in [2.45, 2.75) is 32.1 Å². The molecule has 1 saturated heterocycles. The minimum absolute atomic E-state index is 0.304. The van der Waals surface area contributed by atoms with E-state index in [1.54, 1.807) is 7.05 Å². The first-order chi connectivity index (χ1) is 15.1. The summed E-state index contributed by atoms with van der Waals surface area (Å²) in [6, 6.07) is 15.9. The molecule has 0 spiro atoms. The second-order valence-corrected chi connectivity index (χ2v) is 8.00. The summed E-state index contributed by atoms with van der Waals surface area (Å²) in [6.45, 7) is 4.19. The van der Waals surface area contributed by atoms with Gasteiger partial charge in [-0.2, -0.15) is 0 Å². The van der Waals surface area contributed by atoms with E-state index in [1.165, 1.54) is 11.1 Å². The van der Waals surface area contributed by atoms with Crippen LogP contribution in [0, 0.1) is 0 Å². The first-order valence-electron chi connectivity index (χ1n) is 10.7. The molecular formula is C24H32ClN3O3. The fourth-order valence-corrected chi connectivity index (χ4v) is 3.52. The summed E-state index contributed by atoms with van der Waals surface area (Å²) in [4.78, 5) is 6.43. The van der Waals surface area contributed by atoms with Crippen molar-refractivity contribution < 1.29 is 14.2 Å². The SMILES string of the molecule is CN=C(NCc1cccc(COC2CCOCC2)c1)N(C)CCOc1ccc(Cl)cc1. The summed E-state index contributed by atoms with van der Waals surface area (Å²) in [5, 5.41) is 4.12. The molecule has 0 unspecified atom stereocenters. The molecule has 6 nitrogen and oxygen atoms in total. The summed E-state index contributed by atoms with van der Waals surface area (Å²) < 4.78 is 17.2. The Balaban J connectivity index is 1.42. The molecule has 2 aromatic rings. The van der Waals surface area contributed by atoms with Crippen molar-refractivity contribution in [1.29, 1.82) is 0 Å². The van der Waals surface area contributed by atoms with Crippen molar-refractivity contribution in [1.82, 2.24) is 10.2 Å². The number of benzene rings is 2. The van der Waals surface area contributed by atoms with Crippen molar-refractivity contribution in [2.75, 3.05) is 40.5 Å². The summed E-state index contributed by atoms with van der Waals surface area (Å²) in [5.74, 6) is 1.63. The van der Waals surface area contributed by atoms with Gasteiger partial charge in [-0.25, -0.2) is 0 Å². The lowest BCUT2D eigenvalue weighted by Gasteiger charge is -2.23. The molecule has 2 aromatic carbocycles. The molecule has 0 radical (unpaired) electrons. The number of nitrogens with zero attached hydrogens (tertiary/aromatic N) is 2. The standard InChI is InChI=1S/C24H32ClN3O3/c1-26-24(28(2)12-15-30-22-8-6-21(25)7-9-22)27-17-19-4-3-5-20(16-19)18-31-23-10-13-29-14-11-23/h3-9,16,23H,10-15,17-18H2,1-2H3,(H,26,27). The molecule has 0 amide bonds. The highest BCUT2D eigenvalue weighted by Gasteiger charge is 2.14. The van der Waals surface area contributed by atoms with Crippen LogP contribution in [0.1, 0.15) is 24.0 Å². The zero-order valence-corrected chi connectivity index (χ0v) is 19.1. The minimum atomic E-state index is 0.304. The Morgan fingerprint density at radius 2 is 1.90 bits per heavy atom. The lowest BCUT2D eigenvalue weighted by Crippen LogP contribution is -2.40. The quantitative estimate of drug-likeness (QED) is 0.464. The summed E-state index contributed by atoms with van der Waals surface area (Å²) >= 11 is 5.91. The number of nitrogens with one attached hydrogen (secondary N) is 1. The van der Waals surface area contributed by atoms with Gasteiger partial charge in [-0.3, -0.25) is 4.99 Å². The highest BCUT2D eigenvalue weighted by Crippen LogP contribution is 2.16. The Hall–Kier alpha value is -2.28. The Kier molecular flexibility index (Phi) is 9.46. The Bertz CT molecular complexity index is 823. The fourth-order valence-electron chi connectivity index (χ4n) is 3.39. The number of hydrogen-bond donors (Lipinski definition) is 1. The van der Waals surface area contributed by atoms with Gasteiger partial charge < -0.3 is 24.4 Å². The molecular weight excluding hydrogens is 414 g/mol. The minimum Gasteiger partial charge on any atom is -0.492 e. The molecule has 7 heteroatoms. The monoisotopic (exact) mass is 445 g/mol. The average molecular weight is 446 g/mol. The fraction of sp³-hybridized carbons (Fsp3) is 0.458. The third-order valence-corrected chi connectivity index (χ3v) is 5.43. The topological polar surface area (TPSA) is 55.3 Å². The van der Waals surface area contributed by atoms with E-state index in [4.69, 9.17) is 25.8 Å². The third-order valence-electron chi connectivity index (χ3n) is 5.18. The molecule has 1 aliphatic heterocycles. The predicted octanol–water partition coefficient (Wildman–Crippen LogP) is 4.12. The number of rotatable bonds is 9. The predicted molar refractivity (Wildman–Crippen MR) is 125 cm³/mol. The van der Waals surface area contributed by atoms with Crippen LogP contribution in [0.4, 0.5) is 0 Å². The van der Waals surface area contributed by atoms with Crippen LogP contribution in [0.2, 0.25) is 5.02 Å². The van der Waals surface area contributed by atoms with E-state index in [0.717, 1.165) is 37.8 Å². The molecule has 1 fully saturated rings. The van der Waals surface area contributed by atoms with E-state index in [9.17, 15) is 0 Å². The van der Waals surface area contributed by atoms with Gasteiger partial charge in [0.1, 0.15) is 12.4 Å². The molecule has 168 valence electrons. The molecule has 31 heavy (non-hydrogen) atoms. The van der Waals surface area contributed by atoms with E-state index in [2.05, 4.69) is 34.6 Å². The van der Waals surface area contributed by atoms with Crippen LogP contribution in [-0.2, 0) is 22.6 Å². The summed E-state index contributed by atoms with van der Waals surface area (Å²) in [5.41, 5.74) is 2.38. The lowest BCUT2D eigenvalue weighted by atomic mass is 10.1. The van der Waals surface area contributed by atoms with Gasteiger partial charge in [-0.15, -0.1) is 0 Å². The highest BCUT2D eigenvalue weighted by molar-refractivity contribution is 6.30. The zero-order chi connectivity index (χ0) is 21.9. The van der Waals surface area contributed by atoms with Crippen LogP contribution in [0.15, 0.2) is 53.5 Å². The lowest BCUT2D eigenvalue weighted by molar-refractivity contribution is -0.0390. The normalized spacial score (nSPS) is 15.0. The van der Waals surface area contributed by atoms with Crippen LogP contribution in [0.5, 0.6) is 5.75 Å². The summed E-state index contributed by atoms with van der Waals surface area (Å²) in [7, 11) is 3.79. The van der Waals surface area contributed by atoms with Gasteiger partial charge in [0.25, 0.3) is 0 Å². The van der Waals surface area contributed by atoms with Crippen molar-refractivity contribution in [3.05, 3.63) is 64.7 Å². The Morgan fingerprint density at radius 1 is 1.16 bits per heavy atom. The van der Waals surface area contributed by atoms with Crippen molar-refractivity contribution in [3.8, 4) is 5.75 Å². The second-order valence-electron chi connectivity index (χ2n) is 7.57. The van der Waals surface area contributed by atoms with E-state index >= 15 is 0 Å². The maximum Gasteiger partial charge on any atom is 0.193 e. The van der Waals surface area contributed by atoms with Gasteiger partial charge in [-0.05, 0) is 48.2 Å². The molecule has 0 aliphatic carbocycles. The Labute approximate surface area is 190 Å². The summed E-state index contributed by atoms with van der Waals surface area (Å²) in [6.07, 6.45) is 2.26. The number of hydrogen-bond acceptors (Lipinski definition) is 4. The molecule has 0 atom stereocenters. The molecule has 1 aliphatic rings. The number of aliphatic imine (C=N–C) groups is 1. The maximum absolute atomic E-state index is 6.04. The van der Waals surface area contributed by atoms with Gasteiger partial charge in [-0.1, -0.05) is 35.9 Å². The zero-order valence-electron chi connectivity index (χ0n) is 18.4. The smallest absolute Gasteiger partial charge is 0.193 e. The largest absolute Gasteiger partial charge is 0.492 e.